The Labute approximate surface area is 167 Å². The van der Waals surface area contributed by atoms with Gasteiger partial charge in [-0.1, -0.05) is 51.4 Å². The Morgan fingerprint density at radius 3 is 2.26 bits per heavy atom. The lowest BCUT2D eigenvalue weighted by molar-refractivity contribution is 0.208. The molecule has 2 rings (SSSR count). The van der Waals surface area contributed by atoms with E-state index in [4.69, 9.17) is 31.5 Å². The number of hydrogen-bond donors (Lipinski definition) is 1. The topological polar surface area (TPSA) is 53.7 Å². The average molecular weight is 392 g/mol. The number of halogens is 1. The molecule has 0 aliphatic rings. The molecule has 4 nitrogen and oxygen atoms in total. The van der Waals surface area contributed by atoms with Gasteiger partial charge in [-0.2, -0.15) is 0 Å². The normalized spacial score (nSPS) is 11.4. The molecule has 0 spiro atoms. The number of benzene rings is 2. The number of nitrogens with two attached hydrogens (primary N) is 1. The summed E-state index contributed by atoms with van der Waals surface area (Å²) in [6.45, 7) is 9.88. The Balaban J connectivity index is 2.06. The fourth-order valence-corrected chi connectivity index (χ4v) is 3.12. The predicted octanol–water partition coefficient (Wildman–Crippen LogP) is 5.13. The molecule has 0 radical (unpaired) electrons. The van der Waals surface area contributed by atoms with E-state index in [2.05, 4.69) is 39.8 Å². The highest BCUT2D eigenvalue weighted by Crippen LogP contribution is 2.36. The Morgan fingerprint density at radius 1 is 0.963 bits per heavy atom. The van der Waals surface area contributed by atoms with Crippen LogP contribution < -0.4 is 19.9 Å². The number of methoxy groups -OCH3 is 1. The van der Waals surface area contributed by atoms with Gasteiger partial charge < -0.3 is 19.9 Å². The molecule has 0 amide bonds. The van der Waals surface area contributed by atoms with E-state index in [0.717, 1.165) is 17.7 Å². The lowest BCUT2D eigenvalue weighted by atomic mass is 9.85. The molecule has 0 bridgehead atoms. The van der Waals surface area contributed by atoms with Gasteiger partial charge in [-0.3, -0.25) is 0 Å². The van der Waals surface area contributed by atoms with Gasteiger partial charge in [0.05, 0.1) is 12.1 Å². The van der Waals surface area contributed by atoms with Crippen molar-refractivity contribution in [2.75, 3.05) is 20.3 Å². The lowest BCUT2D eigenvalue weighted by Gasteiger charge is -2.24. The third-order valence-electron chi connectivity index (χ3n) is 4.37. The molecule has 27 heavy (non-hydrogen) atoms. The minimum absolute atomic E-state index is 0.00591. The quantitative estimate of drug-likeness (QED) is 0.634. The van der Waals surface area contributed by atoms with Crippen molar-refractivity contribution in [2.45, 2.75) is 46.1 Å². The van der Waals surface area contributed by atoms with E-state index in [0.29, 0.717) is 36.3 Å². The number of hydrogen-bond acceptors (Lipinski definition) is 4. The molecule has 0 aromatic heterocycles. The van der Waals surface area contributed by atoms with Crippen molar-refractivity contribution in [1.29, 1.82) is 0 Å². The van der Waals surface area contributed by atoms with Crippen LogP contribution in [0.2, 0.25) is 5.02 Å². The fraction of sp³-hybridized carbons (Fsp3) is 0.455. The molecule has 2 N–H and O–H groups in total. The van der Waals surface area contributed by atoms with Gasteiger partial charge in [-0.05, 0) is 46.7 Å². The summed E-state index contributed by atoms with van der Waals surface area (Å²) in [7, 11) is 1.58. The van der Waals surface area contributed by atoms with Crippen LogP contribution in [0, 0.1) is 0 Å². The number of rotatable bonds is 8. The number of aryl methyl sites for hydroxylation is 1. The molecular formula is C22H30ClNO3. The zero-order valence-electron chi connectivity index (χ0n) is 16.9. The molecule has 0 heterocycles. The molecule has 2 aromatic carbocycles. The van der Waals surface area contributed by atoms with Crippen LogP contribution in [0.15, 0.2) is 30.3 Å². The minimum atomic E-state index is 0.00591. The summed E-state index contributed by atoms with van der Waals surface area (Å²) < 4.78 is 17.2. The second-order valence-corrected chi connectivity index (χ2v) is 7.85. The minimum Gasteiger partial charge on any atom is -0.493 e. The third-order valence-corrected chi connectivity index (χ3v) is 4.65. The van der Waals surface area contributed by atoms with E-state index in [1.165, 1.54) is 11.1 Å². The van der Waals surface area contributed by atoms with Gasteiger partial charge in [0.25, 0.3) is 0 Å². The second-order valence-electron chi connectivity index (χ2n) is 7.44. The van der Waals surface area contributed by atoms with Crippen LogP contribution in [-0.4, -0.2) is 20.3 Å². The summed E-state index contributed by atoms with van der Waals surface area (Å²) >= 11 is 6.31. The van der Waals surface area contributed by atoms with Crippen molar-refractivity contribution >= 4 is 11.6 Å². The van der Waals surface area contributed by atoms with Gasteiger partial charge in [-0.15, -0.1) is 0 Å². The summed E-state index contributed by atoms with van der Waals surface area (Å²) in [6.07, 6.45) is 1.00. The highest BCUT2D eigenvalue weighted by Gasteiger charge is 2.19. The van der Waals surface area contributed by atoms with Crippen molar-refractivity contribution in [3.8, 4) is 17.2 Å². The van der Waals surface area contributed by atoms with Crippen molar-refractivity contribution in [2.24, 2.45) is 5.73 Å². The van der Waals surface area contributed by atoms with Gasteiger partial charge in [0.2, 0.25) is 0 Å². The Bertz CT molecular complexity index is 769. The van der Waals surface area contributed by atoms with Crippen LogP contribution >= 0.6 is 11.6 Å². The van der Waals surface area contributed by atoms with E-state index < -0.39 is 0 Å². The first-order valence-corrected chi connectivity index (χ1v) is 9.63. The SMILES string of the molecule is CCc1ccc(OCCOc2c(Cl)cc(CN)cc2OC)c(C(C)(C)C)c1. The van der Waals surface area contributed by atoms with E-state index in [1.54, 1.807) is 13.2 Å². The Morgan fingerprint density at radius 2 is 1.67 bits per heavy atom. The molecule has 0 aliphatic heterocycles. The summed E-state index contributed by atoms with van der Waals surface area (Å²) in [6, 6.07) is 10.0. The highest BCUT2D eigenvalue weighted by molar-refractivity contribution is 6.32. The lowest BCUT2D eigenvalue weighted by Crippen LogP contribution is -2.16. The van der Waals surface area contributed by atoms with Crippen molar-refractivity contribution < 1.29 is 14.2 Å². The maximum atomic E-state index is 6.31. The van der Waals surface area contributed by atoms with E-state index in [9.17, 15) is 0 Å². The van der Waals surface area contributed by atoms with Crippen molar-refractivity contribution in [3.63, 3.8) is 0 Å². The van der Waals surface area contributed by atoms with Gasteiger partial charge in [0, 0.05) is 6.54 Å². The zero-order valence-corrected chi connectivity index (χ0v) is 17.7. The molecule has 0 atom stereocenters. The van der Waals surface area contributed by atoms with Gasteiger partial charge in [0.15, 0.2) is 11.5 Å². The van der Waals surface area contributed by atoms with Crippen LogP contribution in [0.4, 0.5) is 0 Å². The molecule has 0 saturated carbocycles. The van der Waals surface area contributed by atoms with Crippen LogP contribution in [0.3, 0.4) is 0 Å². The zero-order chi connectivity index (χ0) is 20.0. The third kappa shape index (κ3) is 5.53. The summed E-state index contributed by atoms with van der Waals surface area (Å²) in [5.41, 5.74) is 9.08. The maximum absolute atomic E-state index is 6.31. The molecular weight excluding hydrogens is 362 g/mol. The molecule has 148 valence electrons. The standard InChI is InChI=1S/C22H30ClNO3/c1-6-15-7-8-19(17(11-15)22(2,3)4)26-9-10-27-21-18(23)12-16(14-24)13-20(21)25-5/h7-8,11-13H,6,9-10,14,24H2,1-5H3. The molecule has 5 heteroatoms. The van der Waals surface area contributed by atoms with Crippen molar-refractivity contribution in [1.82, 2.24) is 0 Å². The second kappa shape index (κ2) is 9.34. The van der Waals surface area contributed by atoms with E-state index in [1.807, 2.05) is 12.1 Å². The fourth-order valence-electron chi connectivity index (χ4n) is 2.84. The maximum Gasteiger partial charge on any atom is 0.179 e. The number of ether oxygens (including phenoxy) is 3. The summed E-state index contributed by atoms with van der Waals surface area (Å²) in [5, 5.41) is 0.484. The van der Waals surface area contributed by atoms with Crippen molar-refractivity contribution in [3.05, 3.63) is 52.0 Å². The first kappa shape index (κ1) is 21.4. The van der Waals surface area contributed by atoms with Crippen LogP contribution in [0.5, 0.6) is 17.2 Å². The van der Waals surface area contributed by atoms with E-state index in [-0.39, 0.29) is 5.41 Å². The van der Waals surface area contributed by atoms with Crippen LogP contribution in [0.25, 0.3) is 0 Å². The van der Waals surface area contributed by atoms with Gasteiger partial charge in [0.1, 0.15) is 19.0 Å². The highest BCUT2D eigenvalue weighted by atomic mass is 35.5. The Kier molecular flexibility index (Phi) is 7.40. The monoisotopic (exact) mass is 391 g/mol. The smallest absolute Gasteiger partial charge is 0.179 e. The molecule has 2 aromatic rings. The van der Waals surface area contributed by atoms with Crippen LogP contribution in [0.1, 0.15) is 44.4 Å². The molecule has 0 aliphatic carbocycles. The first-order valence-electron chi connectivity index (χ1n) is 9.25. The Hall–Kier alpha value is -1.91. The molecule has 0 unspecified atom stereocenters. The van der Waals surface area contributed by atoms with Gasteiger partial charge >= 0.3 is 0 Å². The van der Waals surface area contributed by atoms with Crippen LogP contribution in [-0.2, 0) is 18.4 Å². The summed E-state index contributed by atoms with van der Waals surface area (Å²) in [4.78, 5) is 0. The largest absolute Gasteiger partial charge is 0.493 e. The molecule has 0 fully saturated rings. The van der Waals surface area contributed by atoms with Gasteiger partial charge in [-0.25, -0.2) is 0 Å². The first-order chi connectivity index (χ1) is 12.8. The predicted molar refractivity (Wildman–Crippen MR) is 111 cm³/mol. The van der Waals surface area contributed by atoms with E-state index >= 15 is 0 Å². The molecule has 0 saturated heterocycles. The summed E-state index contributed by atoms with van der Waals surface area (Å²) in [5.74, 6) is 1.97. The average Bonchev–Trinajstić information content (AvgIpc) is 2.64.